The van der Waals surface area contributed by atoms with E-state index in [2.05, 4.69) is 29.4 Å². The number of amides is 2. The van der Waals surface area contributed by atoms with Crippen molar-refractivity contribution in [1.82, 2.24) is 10.2 Å². The van der Waals surface area contributed by atoms with Crippen LogP contribution in [0, 0.1) is 0 Å². The molecule has 0 bridgehead atoms. The smallest absolute Gasteiger partial charge is 0.337 e. The Morgan fingerprint density at radius 3 is 2.48 bits per heavy atom. The van der Waals surface area contributed by atoms with Gasteiger partial charge in [-0.3, -0.25) is 0 Å². The molecule has 0 spiro atoms. The fraction of sp³-hybridized carbons (Fsp3) is 0.467. The summed E-state index contributed by atoms with van der Waals surface area (Å²) >= 11 is 0. The van der Waals surface area contributed by atoms with Crippen molar-refractivity contribution < 1.29 is 14.7 Å². The van der Waals surface area contributed by atoms with Gasteiger partial charge in [0.15, 0.2) is 0 Å². The number of nitrogens with zero attached hydrogens (tertiary/aromatic N) is 1. The van der Waals surface area contributed by atoms with E-state index in [0.29, 0.717) is 12.2 Å². The molecule has 3 N–H and O–H groups in total. The molecule has 6 heteroatoms. The van der Waals surface area contributed by atoms with Crippen LogP contribution in [0.2, 0.25) is 0 Å². The molecule has 1 aromatic rings. The predicted molar refractivity (Wildman–Crippen MR) is 82.8 cm³/mol. The Hall–Kier alpha value is -2.08. The van der Waals surface area contributed by atoms with Gasteiger partial charge in [0, 0.05) is 6.54 Å². The summed E-state index contributed by atoms with van der Waals surface area (Å²) in [5.74, 6) is -1.06. The van der Waals surface area contributed by atoms with Crippen LogP contribution in [0.5, 0.6) is 0 Å². The summed E-state index contributed by atoms with van der Waals surface area (Å²) in [7, 11) is 0. The van der Waals surface area contributed by atoms with Crippen molar-refractivity contribution in [2.45, 2.75) is 20.3 Å². The lowest BCUT2D eigenvalue weighted by molar-refractivity contribution is 0.0698. The molecular weight excluding hydrogens is 270 g/mol. The standard InChI is InChI=1S/C15H23N3O3/c1-3-18(4-2)11-7-10-16-15(21)17-13-9-6-5-8-12(13)14(19)20/h5-6,8-9H,3-4,7,10-11H2,1-2H3,(H,19,20)(H2,16,17,21). The Kier molecular flexibility index (Phi) is 7.25. The van der Waals surface area contributed by atoms with E-state index in [0.717, 1.165) is 26.1 Å². The number of aromatic carboxylic acids is 1. The van der Waals surface area contributed by atoms with Gasteiger partial charge in [0.1, 0.15) is 0 Å². The highest BCUT2D eigenvalue weighted by Crippen LogP contribution is 2.14. The summed E-state index contributed by atoms with van der Waals surface area (Å²) in [6, 6.07) is 5.94. The first-order valence-electron chi connectivity index (χ1n) is 7.18. The van der Waals surface area contributed by atoms with Gasteiger partial charge in [-0.05, 0) is 38.2 Å². The normalized spacial score (nSPS) is 10.4. The van der Waals surface area contributed by atoms with Crippen molar-refractivity contribution in [3.63, 3.8) is 0 Å². The first-order chi connectivity index (χ1) is 10.1. The quantitative estimate of drug-likeness (QED) is 0.642. The molecule has 0 atom stereocenters. The third-order valence-electron chi connectivity index (χ3n) is 3.24. The molecular formula is C15H23N3O3. The van der Waals surface area contributed by atoms with E-state index in [9.17, 15) is 9.59 Å². The van der Waals surface area contributed by atoms with Crippen LogP contribution in [0.25, 0.3) is 0 Å². The average Bonchev–Trinajstić information content (AvgIpc) is 2.47. The number of hydrogen-bond acceptors (Lipinski definition) is 3. The Morgan fingerprint density at radius 1 is 1.19 bits per heavy atom. The minimum atomic E-state index is -1.06. The number of benzene rings is 1. The van der Waals surface area contributed by atoms with Gasteiger partial charge in [-0.1, -0.05) is 26.0 Å². The van der Waals surface area contributed by atoms with Gasteiger partial charge in [-0.15, -0.1) is 0 Å². The number of carbonyl (C=O) groups excluding carboxylic acids is 1. The van der Waals surface area contributed by atoms with Gasteiger partial charge in [0.25, 0.3) is 0 Å². The second-order valence-corrected chi connectivity index (χ2v) is 4.61. The van der Waals surface area contributed by atoms with Crippen LogP contribution >= 0.6 is 0 Å². The zero-order valence-electron chi connectivity index (χ0n) is 12.6. The first kappa shape index (κ1) is 17.0. The minimum absolute atomic E-state index is 0.0794. The van der Waals surface area contributed by atoms with Gasteiger partial charge >= 0.3 is 12.0 Å². The molecule has 1 aromatic carbocycles. The van der Waals surface area contributed by atoms with Crippen molar-refractivity contribution in [1.29, 1.82) is 0 Å². The maximum atomic E-state index is 11.7. The number of carbonyl (C=O) groups is 2. The molecule has 6 nitrogen and oxygen atoms in total. The number of rotatable bonds is 8. The zero-order valence-corrected chi connectivity index (χ0v) is 12.6. The molecule has 0 aromatic heterocycles. The van der Waals surface area contributed by atoms with Crippen LogP contribution < -0.4 is 10.6 Å². The summed E-state index contributed by atoms with van der Waals surface area (Å²) in [6.45, 7) is 7.68. The number of hydrogen-bond donors (Lipinski definition) is 3. The fourth-order valence-corrected chi connectivity index (χ4v) is 1.99. The van der Waals surface area contributed by atoms with Gasteiger partial charge < -0.3 is 20.6 Å². The third kappa shape index (κ3) is 5.83. The SMILES string of the molecule is CCN(CC)CCCNC(=O)Nc1ccccc1C(=O)O. The van der Waals surface area contributed by atoms with E-state index in [4.69, 9.17) is 5.11 Å². The Morgan fingerprint density at radius 2 is 1.86 bits per heavy atom. The van der Waals surface area contributed by atoms with Gasteiger partial charge in [-0.25, -0.2) is 9.59 Å². The molecule has 0 saturated carbocycles. The maximum Gasteiger partial charge on any atom is 0.337 e. The molecule has 0 radical (unpaired) electrons. The molecule has 0 unspecified atom stereocenters. The van der Waals surface area contributed by atoms with Crippen molar-refractivity contribution >= 4 is 17.7 Å². The number of carboxylic acid groups (broad SMARTS) is 1. The molecule has 21 heavy (non-hydrogen) atoms. The average molecular weight is 293 g/mol. The molecule has 1 rings (SSSR count). The van der Waals surface area contributed by atoms with Crippen LogP contribution in [-0.2, 0) is 0 Å². The molecule has 0 aliphatic carbocycles. The summed E-state index contributed by atoms with van der Waals surface area (Å²) in [6.07, 6.45) is 0.857. The zero-order chi connectivity index (χ0) is 15.7. The molecule has 0 aliphatic rings. The number of carboxylic acids is 1. The number of nitrogens with one attached hydrogen (secondary N) is 2. The second kappa shape index (κ2) is 8.97. The third-order valence-corrected chi connectivity index (χ3v) is 3.24. The maximum absolute atomic E-state index is 11.7. The topological polar surface area (TPSA) is 81.7 Å². The Labute approximate surface area is 125 Å². The largest absolute Gasteiger partial charge is 0.478 e. The molecule has 116 valence electrons. The van der Waals surface area contributed by atoms with Crippen LogP contribution in [0.15, 0.2) is 24.3 Å². The van der Waals surface area contributed by atoms with Crippen LogP contribution in [0.4, 0.5) is 10.5 Å². The van der Waals surface area contributed by atoms with Crippen molar-refractivity contribution in [3.8, 4) is 0 Å². The molecule has 2 amide bonds. The minimum Gasteiger partial charge on any atom is -0.478 e. The predicted octanol–water partition coefficient (Wildman–Crippen LogP) is 2.24. The van der Waals surface area contributed by atoms with Crippen molar-refractivity contribution in [2.75, 3.05) is 31.5 Å². The summed E-state index contributed by atoms with van der Waals surface area (Å²) < 4.78 is 0. The number of para-hydroxylation sites is 1. The lowest BCUT2D eigenvalue weighted by Gasteiger charge is -2.17. The summed E-state index contributed by atoms with van der Waals surface area (Å²) in [4.78, 5) is 25.0. The van der Waals surface area contributed by atoms with E-state index >= 15 is 0 Å². The second-order valence-electron chi connectivity index (χ2n) is 4.61. The lowest BCUT2D eigenvalue weighted by Crippen LogP contribution is -2.32. The van der Waals surface area contributed by atoms with E-state index in [1.807, 2.05) is 0 Å². The number of urea groups is 1. The van der Waals surface area contributed by atoms with Crippen LogP contribution in [0.1, 0.15) is 30.6 Å². The highest BCUT2D eigenvalue weighted by Gasteiger charge is 2.11. The molecule has 0 aliphatic heterocycles. The van der Waals surface area contributed by atoms with Crippen molar-refractivity contribution in [2.24, 2.45) is 0 Å². The summed E-state index contributed by atoms with van der Waals surface area (Å²) in [5.41, 5.74) is 0.377. The van der Waals surface area contributed by atoms with Crippen LogP contribution in [-0.4, -0.2) is 48.2 Å². The van der Waals surface area contributed by atoms with E-state index in [-0.39, 0.29) is 11.6 Å². The monoisotopic (exact) mass is 293 g/mol. The van der Waals surface area contributed by atoms with Gasteiger partial charge in [-0.2, -0.15) is 0 Å². The van der Waals surface area contributed by atoms with E-state index in [1.54, 1.807) is 18.2 Å². The van der Waals surface area contributed by atoms with Gasteiger partial charge in [0.05, 0.1) is 11.3 Å². The highest BCUT2D eigenvalue weighted by atomic mass is 16.4. The lowest BCUT2D eigenvalue weighted by atomic mass is 10.2. The first-order valence-corrected chi connectivity index (χ1v) is 7.18. The molecule has 0 saturated heterocycles. The van der Waals surface area contributed by atoms with Crippen LogP contribution in [0.3, 0.4) is 0 Å². The Balaban J connectivity index is 2.39. The summed E-state index contributed by atoms with van der Waals surface area (Å²) in [5, 5.41) is 14.3. The Bertz CT molecular complexity index is 473. The van der Waals surface area contributed by atoms with E-state index in [1.165, 1.54) is 6.07 Å². The van der Waals surface area contributed by atoms with Crippen molar-refractivity contribution in [3.05, 3.63) is 29.8 Å². The van der Waals surface area contributed by atoms with E-state index < -0.39 is 5.97 Å². The highest BCUT2D eigenvalue weighted by molar-refractivity contribution is 5.99. The van der Waals surface area contributed by atoms with Gasteiger partial charge in [0.2, 0.25) is 0 Å². The molecule has 0 heterocycles. The number of anilines is 1. The fourth-order valence-electron chi connectivity index (χ4n) is 1.99. The molecule has 0 fully saturated rings.